The molecule has 108 valence electrons. The highest BCUT2D eigenvalue weighted by Crippen LogP contribution is 2.14. The first-order chi connectivity index (χ1) is 9.49. The number of carbonyl (C=O) groups excluding carboxylic acids is 1. The van der Waals surface area contributed by atoms with E-state index in [4.69, 9.17) is 0 Å². The van der Waals surface area contributed by atoms with E-state index < -0.39 is 10.5 Å². The Hall–Kier alpha value is -2.18. The number of pyridine rings is 1. The monoisotopic (exact) mass is 279 g/mol. The van der Waals surface area contributed by atoms with Crippen LogP contribution >= 0.6 is 0 Å². The molecule has 7 nitrogen and oxygen atoms in total. The number of nitrogens with zero attached hydrogens (tertiary/aromatic N) is 3. The van der Waals surface area contributed by atoms with Gasteiger partial charge in [-0.25, -0.2) is 0 Å². The third-order valence-electron chi connectivity index (χ3n) is 3.52. The minimum absolute atomic E-state index is 0.139. The van der Waals surface area contributed by atoms with Crippen molar-refractivity contribution < 1.29 is 9.72 Å². The van der Waals surface area contributed by atoms with Crippen LogP contribution in [0.3, 0.4) is 0 Å². The fraction of sp³-hybridized carbons (Fsp3) is 0.538. The molecule has 1 aromatic heterocycles. The molecule has 2 heterocycles. The van der Waals surface area contributed by atoms with Gasteiger partial charge in [0.2, 0.25) is 5.91 Å². The van der Waals surface area contributed by atoms with Gasteiger partial charge in [0, 0.05) is 24.7 Å². The molecule has 7 heteroatoms. The fourth-order valence-electron chi connectivity index (χ4n) is 2.36. The SMILES string of the molecule is Cc1cc(=O)n(CC(=O)N2CCCCC2)cc1[N+](=O)[O-]. The summed E-state index contributed by atoms with van der Waals surface area (Å²) in [5, 5.41) is 10.9. The number of aryl methyl sites for hydroxylation is 1. The molecule has 1 aliphatic rings. The zero-order valence-electron chi connectivity index (χ0n) is 11.4. The van der Waals surface area contributed by atoms with Crippen LogP contribution in [0.4, 0.5) is 5.69 Å². The molecule has 0 saturated carbocycles. The number of hydrogen-bond acceptors (Lipinski definition) is 4. The van der Waals surface area contributed by atoms with Crippen LogP contribution in [0.5, 0.6) is 0 Å². The molecule has 1 amide bonds. The Morgan fingerprint density at radius 3 is 2.60 bits per heavy atom. The van der Waals surface area contributed by atoms with Crippen molar-refractivity contribution >= 4 is 11.6 Å². The van der Waals surface area contributed by atoms with Crippen molar-refractivity contribution in [1.29, 1.82) is 0 Å². The molecule has 0 bridgehead atoms. The van der Waals surface area contributed by atoms with Crippen molar-refractivity contribution in [2.24, 2.45) is 0 Å². The molecule has 0 spiro atoms. The lowest BCUT2D eigenvalue weighted by molar-refractivity contribution is -0.385. The van der Waals surface area contributed by atoms with Crippen LogP contribution in [0.1, 0.15) is 24.8 Å². The van der Waals surface area contributed by atoms with Gasteiger partial charge in [-0.2, -0.15) is 0 Å². The first-order valence-electron chi connectivity index (χ1n) is 6.62. The Morgan fingerprint density at radius 2 is 2.00 bits per heavy atom. The van der Waals surface area contributed by atoms with Gasteiger partial charge in [0.25, 0.3) is 11.2 Å². The summed E-state index contributed by atoms with van der Waals surface area (Å²) in [4.78, 5) is 35.9. The molecule has 1 fully saturated rings. The Bertz CT molecular complexity index is 588. The Morgan fingerprint density at radius 1 is 1.35 bits per heavy atom. The van der Waals surface area contributed by atoms with Crippen molar-refractivity contribution in [2.45, 2.75) is 32.7 Å². The van der Waals surface area contributed by atoms with Crippen molar-refractivity contribution in [3.63, 3.8) is 0 Å². The van der Waals surface area contributed by atoms with Crippen molar-refractivity contribution in [1.82, 2.24) is 9.47 Å². The van der Waals surface area contributed by atoms with Gasteiger partial charge in [0.15, 0.2) is 0 Å². The summed E-state index contributed by atoms with van der Waals surface area (Å²) in [7, 11) is 0. The lowest BCUT2D eigenvalue weighted by atomic mass is 10.1. The quantitative estimate of drug-likeness (QED) is 0.612. The van der Waals surface area contributed by atoms with Gasteiger partial charge in [0.1, 0.15) is 6.54 Å². The maximum Gasteiger partial charge on any atom is 0.288 e. The summed E-state index contributed by atoms with van der Waals surface area (Å²) in [6.07, 6.45) is 4.20. The minimum Gasteiger partial charge on any atom is -0.341 e. The number of aromatic nitrogens is 1. The molecule has 1 saturated heterocycles. The predicted molar refractivity (Wildman–Crippen MR) is 72.5 cm³/mol. The Labute approximate surface area is 116 Å². The van der Waals surface area contributed by atoms with Crippen LogP contribution in [0.15, 0.2) is 17.1 Å². The van der Waals surface area contributed by atoms with Crippen molar-refractivity contribution in [2.75, 3.05) is 13.1 Å². The molecule has 2 rings (SSSR count). The predicted octanol–water partition coefficient (Wildman–Crippen LogP) is 1.08. The zero-order valence-corrected chi connectivity index (χ0v) is 11.4. The number of nitro groups is 1. The first-order valence-corrected chi connectivity index (χ1v) is 6.62. The normalized spacial score (nSPS) is 15.2. The van der Waals surface area contributed by atoms with E-state index >= 15 is 0 Å². The molecule has 0 unspecified atom stereocenters. The Kier molecular flexibility index (Phi) is 4.16. The lowest BCUT2D eigenvalue weighted by Gasteiger charge is -2.26. The summed E-state index contributed by atoms with van der Waals surface area (Å²) in [6.45, 7) is 2.76. The largest absolute Gasteiger partial charge is 0.341 e. The third-order valence-corrected chi connectivity index (χ3v) is 3.52. The van der Waals surface area contributed by atoms with Gasteiger partial charge < -0.3 is 4.90 Å². The van der Waals surface area contributed by atoms with E-state index in [1.165, 1.54) is 13.0 Å². The number of hydrogen-bond donors (Lipinski definition) is 0. The summed E-state index contributed by atoms with van der Waals surface area (Å²) < 4.78 is 1.11. The van der Waals surface area contributed by atoms with Crippen LogP contribution in [0, 0.1) is 17.0 Å². The van der Waals surface area contributed by atoms with E-state index in [-0.39, 0.29) is 18.1 Å². The maximum atomic E-state index is 12.1. The molecule has 0 radical (unpaired) electrons. The lowest BCUT2D eigenvalue weighted by Crippen LogP contribution is -2.39. The van der Waals surface area contributed by atoms with Gasteiger partial charge in [0.05, 0.1) is 11.1 Å². The molecular weight excluding hydrogens is 262 g/mol. The second-order valence-corrected chi connectivity index (χ2v) is 5.01. The van der Waals surface area contributed by atoms with E-state index in [0.29, 0.717) is 18.7 Å². The van der Waals surface area contributed by atoms with E-state index in [9.17, 15) is 19.7 Å². The summed E-state index contributed by atoms with van der Waals surface area (Å²) in [5.41, 5.74) is -0.226. The van der Waals surface area contributed by atoms with Crippen molar-refractivity contribution in [3.05, 3.63) is 38.3 Å². The molecule has 0 aliphatic carbocycles. The number of likely N-dealkylation sites (tertiary alicyclic amines) is 1. The van der Waals surface area contributed by atoms with Crippen LogP contribution in [0.25, 0.3) is 0 Å². The van der Waals surface area contributed by atoms with Gasteiger partial charge >= 0.3 is 0 Å². The molecule has 0 N–H and O–H groups in total. The molecular formula is C13H17N3O4. The van der Waals surface area contributed by atoms with E-state index in [1.54, 1.807) is 4.90 Å². The smallest absolute Gasteiger partial charge is 0.288 e. The minimum atomic E-state index is -0.545. The van der Waals surface area contributed by atoms with Crippen LogP contribution in [-0.2, 0) is 11.3 Å². The van der Waals surface area contributed by atoms with Crippen LogP contribution in [-0.4, -0.2) is 33.4 Å². The van der Waals surface area contributed by atoms with Gasteiger partial charge in [-0.3, -0.25) is 24.3 Å². The van der Waals surface area contributed by atoms with Gasteiger partial charge in [-0.15, -0.1) is 0 Å². The molecule has 0 atom stereocenters. The number of rotatable bonds is 3. The highest BCUT2D eigenvalue weighted by atomic mass is 16.6. The highest BCUT2D eigenvalue weighted by molar-refractivity contribution is 5.76. The number of amides is 1. The summed E-state index contributed by atoms with van der Waals surface area (Å²) in [5.74, 6) is -0.162. The molecule has 1 aromatic rings. The van der Waals surface area contributed by atoms with E-state index in [0.717, 1.165) is 30.0 Å². The Balaban J connectivity index is 2.20. The highest BCUT2D eigenvalue weighted by Gasteiger charge is 2.19. The maximum absolute atomic E-state index is 12.1. The second-order valence-electron chi connectivity index (χ2n) is 5.01. The average molecular weight is 279 g/mol. The third kappa shape index (κ3) is 3.04. The average Bonchev–Trinajstić information content (AvgIpc) is 2.42. The van der Waals surface area contributed by atoms with Gasteiger partial charge in [-0.1, -0.05) is 0 Å². The fourth-order valence-corrected chi connectivity index (χ4v) is 2.36. The number of carbonyl (C=O) groups is 1. The summed E-state index contributed by atoms with van der Waals surface area (Å²) in [6, 6.07) is 1.20. The first kappa shape index (κ1) is 14.2. The van der Waals surface area contributed by atoms with Crippen LogP contribution in [0.2, 0.25) is 0 Å². The topological polar surface area (TPSA) is 85.5 Å². The standard InChI is InChI=1S/C13H17N3O4/c1-10-7-12(17)15(8-11(10)16(19)20)9-13(18)14-5-3-2-4-6-14/h7-8H,2-6,9H2,1H3. The molecule has 20 heavy (non-hydrogen) atoms. The van der Waals surface area contributed by atoms with Crippen molar-refractivity contribution in [3.8, 4) is 0 Å². The number of piperidine rings is 1. The van der Waals surface area contributed by atoms with Gasteiger partial charge in [-0.05, 0) is 26.2 Å². The second kappa shape index (κ2) is 5.85. The molecule has 1 aliphatic heterocycles. The summed E-state index contributed by atoms with van der Waals surface area (Å²) >= 11 is 0. The van der Waals surface area contributed by atoms with E-state index in [1.807, 2.05) is 0 Å². The van der Waals surface area contributed by atoms with Crippen LogP contribution < -0.4 is 5.56 Å². The zero-order chi connectivity index (χ0) is 14.7. The van der Waals surface area contributed by atoms with E-state index in [2.05, 4.69) is 0 Å². The molecule has 0 aromatic carbocycles.